The molecule has 0 aliphatic heterocycles. The van der Waals surface area contributed by atoms with E-state index in [2.05, 4.69) is 20.6 Å². The first-order valence-electron chi connectivity index (χ1n) is 8.67. The molecule has 1 saturated carbocycles. The number of carbonyl (C=O) groups is 1. The van der Waals surface area contributed by atoms with E-state index in [-0.39, 0.29) is 11.7 Å². The van der Waals surface area contributed by atoms with E-state index in [1.54, 1.807) is 29.1 Å². The van der Waals surface area contributed by atoms with Gasteiger partial charge in [-0.05, 0) is 43.5 Å². The van der Waals surface area contributed by atoms with Crippen molar-refractivity contribution in [2.75, 3.05) is 0 Å². The second-order valence-electron chi connectivity index (χ2n) is 6.41. The lowest BCUT2D eigenvalue weighted by Crippen LogP contribution is -2.25. The number of hydrogen-bond acceptors (Lipinski definition) is 5. The molecule has 3 aromatic rings. The third-order valence-corrected chi connectivity index (χ3v) is 5.31. The topological polar surface area (TPSA) is 72.7 Å². The van der Waals surface area contributed by atoms with Gasteiger partial charge in [0, 0.05) is 11.8 Å². The van der Waals surface area contributed by atoms with Crippen molar-refractivity contribution in [1.29, 1.82) is 0 Å². The monoisotopic (exact) mass is 383 g/mol. The summed E-state index contributed by atoms with van der Waals surface area (Å²) in [4.78, 5) is 12.2. The van der Waals surface area contributed by atoms with Crippen molar-refractivity contribution in [3.63, 3.8) is 0 Å². The molecule has 1 aliphatic rings. The van der Waals surface area contributed by atoms with Gasteiger partial charge >= 0.3 is 0 Å². The summed E-state index contributed by atoms with van der Waals surface area (Å²) in [6, 6.07) is 10.6. The molecular weight excluding hydrogens is 365 g/mol. The molecule has 6 nitrogen and oxygen atoms in total. The number of nitrogens with zero attached hydrogens (tertiary/aromatic N) is 4. The van der Waals surface area contributed by atoms with Crippen LogP contribution in [0.5, 0.6) is 0 Å². The van der Waals surface area contributed by atoms with Crippen molar-refractivity contribution in [2.24, 2.45) is 0 Å². The molecule has 0 bridgehead atoms. The number of thioether (sulfide) groups is 1. The smallest absolute Gasteiger partial charge is 0.254 e. The first kappa shape index (κ1) is 17.7. The Bertz CT molecular complexity index is 968. The molecule has 1 fully saturated rings. The molecule has 1 aromatic carbocycles. The molecule has 8 heteroatoms. The quantitative estimate of drug-likeness (QED) is 0.661. The summed E-state index contributed by atoms with van der Waals surface area (Å²) >= 11 is 1.41. The van der Waals surface area contributed by atoms with Gasteiger partial charge in [0.25, 0.3) is 5.91 Å². The molecule has 0 spiro atoms. The van der Waals surface area contributed by atoms with E-state index >= 15 is 0 Å². The van der Waals surface area contributed by atoms with E-state index in [1.807, 2.05) is 19.1 Å². The zero-order valence-corrected chi connectivity index (χ0v) is 15.5. The second kappa shape index (κ2) is 7.48. The summed E-state index contributed by atoms with van der Waals surface area (Å²) in [5.41, 5.74) is 1.89. The lowest BCUT2D eigenvalue weighted by atomic mass is 10.2. The normalized spacial score (nSPS) is 13.6. The van der Waals surface area contributed by atoms with Crippen LogP contribution in [0, 0.1) is 12.7 Å². The van der Waals surface area contributed by atoms with E-state index < -0.39 is 0 Å². The van der Waals surface area contributed by atoms with E-state index in [1.165, 1.54) is 17.8 Å². The predicted molar refractivity (Wildman–Crippen MR) is 100 cm³/mol. The number of hydrogen-bond donors (Lipinski definition) is 1. The Morgan fingerprint density at radius 1 is 1.26 bits per heavy atom. The molecular formula is C19H18FN5OS. The molecule has 138 valence electrons. The van der Waals surface area contributed by atoms with Crippen molar-refractivity contribution >= 4 is 17.7 Å². The molecule has 0 radical (unpaired) electrons. The first-order chi connectivity index (χ1) is 13.1. The summed E-state index contributed by atoms with van der Waals surface area (Å²) in [5, 5.41) is 16.3. The number of aromatic nitrogens is 4. The summed E-state index contributed by atoms with van der Waals surface area (Å²) < 4.78 is 15.3. The Hall–Kier alpha value is -2.74. The van der Waals surface area contributed by atoms with Crippen LogP contribution in [0.1, 0.15) is 34.5 Å². The molecule has 1 N–H and O–H groups in total. The summed E-state index contributed by atoms with van der Waals surface area (Å²) in [6.45, 7) is 1.83. The Kier molecular flexibility index (Phi) is 4.89. The van der Waals surface area contributed by atoms with E-state index in [9.17, 15) is 9.18 Å². The number of halogens is 1. The second-order valence-corrected chi connectivity index (χ2v) is 7.41. The summed E-state index contributed by atoms with van der Waals surface area (Å²) in [7, 11) is 0. The first-order valence-corrected chi connectivity index (χ1v) is 9.66. The minimum absolute atomic E-state index is 0.105. The van der Waals surface area contributed by atoms with Crippen molar-refractivity contribution < 1.29 is 9.18 Å². The molecule has 4 rings (SSSR count). The zero-order chi connectivity index (χ0) is 18.8. The van der Waals surface area contributed by atoms with Crippen LogP contribution in [-0.4, -0.2) is 31.9 Å². The van der Waals surface area contributed by atoms with Crippen LogP contribution in [0.2, 0.25) is 0 Å². The minimum atomic E-state index is -0.223. The highest BCUT2D eigenvalue weighted by Crippen LogP contribution is 2.23. The van der Waals surface area contributed by atoms with Gasteiger partial charge < -0.3 is 5.32 Å². The summed E-state index contributed by atoms with van der Waals surface area (Å²) in [6.07, 6.45) is 3.63. The number of nitrogens with one attached hydrogen (secondary N) is 1. The minimum Gasteiger partial charge on any atom is -0.349 e. The maximum atomic E-state index is 13.7. The van der Waals surface area contributed by atoms with Crippen molar-refractivity contribution in [3.8, 4) is 5.82 Å². The molecule has 0 saturated heterocycles. The lowest BCUT2D eigenvalue weighted by Gasteiger charge is -2.06. The average Bonchev–Trinajstić information content (AvgIpc) is 3.40. The van der Waals surface area contributed by atoms with Crippen LogP contribution >= 0.6 is 11.8 Å². The van der Waals surface area contributed by atoms with E-state index in [0.29, 0.717) is 39.5 Å². The van der Waals surface area contributed by atoms with Gasteiger partial charge in [0.2, 0.25) is 0 Å². The van der Waals surface area contributed by atoms with Crippen molar-refractivity contribution in [1.82, 2.24) is 25.3 Å². The number of amides is 1. The van der Waals surface area contributed by atoms with Gasteiger partial charge in [0.05, 0.1) is 17.5 Å². The van der Waals surface area contributed by atoms with Crippen LogP contribution in [0.25, 0.3) is 5.82 Å². The molecule has 2 aromatic heterocycles. The largest absolute Gasteiger partial charge is 0.349 e. The van der Waals surface area contributed by atoms with Gasteiger partial charge in [-0.25, -0.2) is 9.07 Å². The van der Waals surface area contributed by atoms with Gasteiger partial charge in [-0.2, -0.15) is 5.10 Å². The lowest BCUT2D eigenvalue weighted by molar-refractivity contribution is 0.0950. The number of carbonyl (C=O) groups excluding carboxylic acids is 1. The van der Waals surface area contributed by atoms with Crippen LogP contribution in [0.4, 0.5) is 4.39 Å². The zero-order valence-electron chi connectivity index (χ0n) is 14.7. The van der Waals surface area contributed by atoms with Crippen LogP contribution in [-0.2, 0) is 5.75 Å². The standard InChI is InChI=1S/C19H18FN5OS/c1-12-15(19(26)22-14-6-7-14)10-21-25(12)17-8-9-18(24-23-17)27-11-13-4-2-3-5-16(13)20/h2-5,8-10,14H,6-7,11H2,1H3,(H,22,26). The Balaban J connectivity index is 1.45. The molecule has 1 amide bonds. The fourth-order valence-electron chi connectivity index (χ4n) is 2.62. The SMILES string of the molecule is Cc1c(C(=O)NC2CC2)cnn1-c1ccc(SCc2ccccc2F)nn1. The summed E-state index contributed by atoms with van der Waals surface area (Å²) in [5.74, 6) is 0.686. The van der Waals surface area contributed by atoms with E-state index in [0.717, 1.165) is 12.8 Å². The fourth-order valence-corrected chi connectivity index (χ4v) is 3.42. The van der Waals surface area contributed by atoms with Crippen LogP contribution in [0.3, 0.4) is 0 Å². The Labute approximate surface area is 160 Å². The van der Waals surface area contributed by atoms with Crippen LogP contribution in [0.15, 0.2) is 47.6 Å². The Morgan fingerprint density at radius 3 is 2.78 bits per heavy atom. The maximum absolute atomic E-state index is 13.7. The highest BCUT2D eigenvalue weighted by Gasteiger charge is 2.25. The maximum Gasteiger partial charge on any atom is 0.254 e. The third-order valence-electron chi connectivity index (χ3n) is 4.34. The highest BCUT2D eigenvalue weighted by molar-refractivity contribution is 7.98. The third kappa shape index (κ3) is 4.00. The average molecular weight is 383 g/mol. The van der Waals surface area contributed by atoms with Gasteiger partial charge in [-0.15, -0.1) is 10.2 Å². The highest BCUT2D eigenvalue weighted by atomic mass is 32.2. The number of benzene rings is 1. The molecule has 0 unspecified atom stereocenters. The van der Waals surface area contributed by atoms with Crippen LogP contribution < -0.4 is 5.32 Å². The van der Waals surface area contributed by atoms with E-state index in [4.69, 9.17) is 0 Å². The Morgan fingerprint density at radius 2 is 2.07 bits per heavy atom. The molecule has 27 heavy (non-hydrogen) atoms. The van der Waals surface area contributed by atoms with Gasteiger partial charge in [0.1, 0.15) is 10.8 Å². The van der Waals surface area contributed by atoms with Crippen molar-refractivity contribution in [2.45, 2.75) is 36.6 Å². The fraction of sp³-hybridized carbons (Fsp3) is 0.263. The molecule has 1 aliphatic carbocycles. The van der Waals surface area contributed by atoms with Gasteiger partial charge in [-0.3, -0.25) is 4.79 Å². The molecule has 2 heterocycles. The van der Waals surface area contributed by atoms with Gasteiger partial charge in [0.15, 0.2) is 5.82 Å². The molecule has 0 atom stereocenters. The number of rotatable bonds is 6. The van der Waals surface area contributed by atoms with Gasteiger partial charge in [-0.1, -0.05) is 30.0 Å². The predicted octanol–water partition coefficient (Wildman–Crippen LogP) is 3.29. The van der Waals surface area contributed by atoms with Crippen molar-refractivity contribution in [3.05, 3.63) is 65.2 Å².